The average Bonchev–Trinajstić information content (AvgIpc) is 3.20. The molecule has 0 bridgehead atoms. The second-order valence-corrected chi connectivity index (χ2v) is 6.08. The Bertz CT molecular complexity index is 1000. The van der Waals surface area contributed by atoms with Crippen molar-refractivity contribution in [2.24, 2.45) is 0 Å². The number of hydrogen-bond acceptors (Lipinski definition) is 5. The smallest absolute Gasteiger partial charge is 0.228 e. The van der Waals surface area contributed by atoms with Crippen LogP contribution in [-0.4, -0.2) is 31.6 Å². The summed E-state index contributed by atoms with van der Waals surface area (Å²) in [6.07, 6.45) is 4.55. The van der Waals surface area contributed by atoms with E-state index in [0.29, 0.717) is 17.1 Å². The highest BCUT2D eigenvalue weighted by Crippen LogP contribution is 2.32. The molecule has 0 fully saturated rings. The zero-order chi connectivity index (χ0) is 18.8. The standard InChI is InChI=1S/C18H15FN6O2/c19-12-3-4-13-14(7-16(26)24-15(13)6-12)18(27)22-8-11-2-1-5-21-17(11)25-10-20-9-23-25/h1-6,9-10,14H,7-8H2,(H,22,27)(H,24,26). The van der Waals surface area contributed by atoms with E-state index in [1.807, 2.05) is 6.07 Å². The molecule has 0 saturated carbocycles. The molecule has 0 radical (unpaired) electrons. The van der Waals surface area contributed by atoms with Crippen molar-refractivity contribution in [2.45, 2.75) is 18.9 Å². The molecule has 3 aromatic rings. The quantitative estimate of drug-likeness (QED) is 0.729. The van der Waals surface area contributed by atoms with Gasteiger partial charge < -0.3 is 10.6 Å². The maximum atomic E-state index is 13.4. The predicted molar refractivity (Wildman–Crippen MR) is 93.4 cm³/mol. The van der Waals surface area contributed by atoms with E-state index in [1.54, 1.807) is 12.3 Å². The summed E-state index contributed by atoms with van der Waals surface area (Å²) in [5, 5.41) is 9.49. The largest absolute Gasteiger partial charge is 0.351 e. The molecule has 4 rings (SSSR count). The predicted octanol–water partition coefficient (Wildman–Crippen LogP) is 1.54. The first-order chi connectivity index (χ1) is 13.1. The zero-order valence-electron chi connectivity index (χ0n) is 14.1. The van der Waals surface area contributed by atoms with Gasteiger partial charge >= 0.3 is 0 Å². The fourth-order valence-corrected chi connectivity index (χ4v) is 3.07. The highest BCUT2D eigenvalue weighted by Gasteiger charge is 2.30. The summed E-state index contributed by atoms with van der Waals surface area (Å²) in [5.41, 5.74) is 1.67. The topological polar surface area (TPSA) is 102 Å². The van der Waals surface area contributed by atoms with Gasteiger partial charge in [0.1, 0.15) is 18.5 Å². The molecule has 136 valence electrons. The number of pyridine rings is 1. The van der Waals surface area contributed by atoms with E-state index in [2.05, 4.69) is 25.7 Å². The molecule has 0 saturated heterocycles. The SMILES string of the molecule is O=C1CC(C(=O)NCc2cccnc2-n2cncn2)c2ccc(F)cc2N1. The lowest BCUT2D eigenvalue weighted by Crippen LogP contribution is -2.35. The normalized spacial score (nSPS) is 15.7. The molecule has 1 unspecified atom stereocenters. The second-order valence-electron chi connectivity index (χ2n) is 6.08. The van der Waals surface area contributed by atoms with Crippen LogP contribution >= 0.6 is 0 Å². The van der Waals surface area contributed by atoms with E-state index < -0.39 is 11.7 Å². The lowest BCUT2D eigenvalue weighted by Gasteiger charge is -2.25. The molecule has 0 aliphatic carbocycles. The minimum absolute atomic E-state index is 0.00738. The molecule has 3 heterocycles. The monoisotopic (exact) mass is 366 g/mol. The van der Waals surface area contributed by atoms with Crippen LogP contribution in [-0.2, 0) is 16.1 Å². The van der Waals surface area contributed by atoms with Gasteiger partial charge in [0, 0.05) is 30.4 Å². The summed E-state index contributed by atoms with van der Waals surface area (Å²) in [4.78, 5) is 32.8. The Morgan fingerprint density at radius 2 is 2.26 bits per heavy atom. The van der Waals surface area contributed by atoms with Gasteiger partial charge in [0.2, 0.25) is 11.8 Å². The lowest BCUT2D eigenvalue weighted by atomic mass is 9.89. The fraction of sp³-hybridized carbons (Fsp3) is 0.167. The Morgan fingerprint density at radius 3 is 3.07 bits per heavy atom. The molecule has 27 heavy (non-hydrogen) atoms. The number of carbonyl (C=O) groups is 2. The van der Waals surface area contributed by atoms with Gasteiger partial charge in [-0.3, -0.25) is 9.59 Å². The van der Waals surface area contributed by atoms with Crippen molar-refractivity contribution >= 4 is 17.5 Å². The molecule has 8 nitrogen and oxygen atoms in total. The van der Waals surface area contributed by atoms with Crippen LogP contribution in [0.15, 0.2) is 49.2 Å². The first-order valence-corrected chi connectivity index (χ1v) is 8.28. The van der Waals surface area contributed by atoms with Crippen molar-refractivity contribution in [2.75, 3.05) is 5.32 Å². The average molecular weight is 366 g/mol. The molecular weight excluding hydrogens is 351 g/mol. The van der Waals surface area contributed by atoms with Crippen LogP contribution in [0.5, 0.6) is 0 Å². The van der Waals surface area contributed by atoms with E-state index in [-0.39, 0.29) is 24.8 Å². The van der Waals surface area contributed by atoms with E-state index >= 15 is 0 Å². The molecule has 2 N–H and O–H groups in total. The maximum Gasteiger partial charge on any atom is 0.228 e. The highest BCUT2D eigenvalue weighted by molar-refractivity contribution is 6.01. The summed E-state index contributed by atoms with van der Waals surface area (Å²) >= 11 is 0. The van der Waals surface area contributed by atoms with Gasteiger partial charge in [0.05, 0.1) is 5.92 Å². The Balaban J connectivity index is 1.54. The number of nitrogens with one attached hydrogen (secondary N) is 2. The third-order valence-corrected chi connectivity index (χ3v) is 4.33. The molecule has 2 amide bonds. The maximum absolute atomic E-state index is 13.4. The van der Waals surface area contributed by atoms with Crippen molar-refractivity contribution < 1.29 is 14.0 Å². The van der Waals surface area contributed by atoms with Gasteiger partial charge in [0.15, 0.2) is 5.82 Å². The van der Waals surface area contributed by atoms with Crippen LogP contribution in [0.4, 0.5) is 10.1 Å². The number of hydrogen-bond donors (Lipinski definition) is 2. The molecule has 2 aromatic heterocycles. The molecule has 1 atom stereocenters. The van der Waals surface area contributed by atoms with E-state index in [4.69, 9.17) is 0 Å². The number of carbonyl (C=O) groups excluding carboxylic acids is 2. The fourth-order valence-electron chi connectivity index (χ4n) is 3.07. The second kappa shape index (κ2) is 6.94. The minimum Gasteiger partial charge on any atom is -0.351 e. The Hall–Kier alpha value is -3.62. The van der Waals surface area contributed by atoms with E-state index in [0.717, 1.165) is 5.56 Å². The minimum atomic E-state index is -0.680. The first-order valence-electron chi connectivity index (χ1n) is 8.28. The van der Waals surface area contributed by atoms with Crippen molar-refractivity contribution in [3.8, 4) is 5.82 Å². The van der Waals surface area contributed by atoms with Crippen LogP contribution in [0.1, 0.15) is 23.5 Å². The molecular formula is C18H15FN6O2. The summed E-state index contributed by atoms with van der Waals surface area (Å²) in [6, 6.07) is 7.60. The molecule has 1 aliphatic heterocycles. The summed E-state index contributed by atoms with van der Waals surface area (Å²) in [7, 11) is 0. The number of amides is 2. The first kappa shape index (κ1) is 16.8. The molecule has 1 aliphatic rings. The number of rotatable bonds is 4. The Kier molecular flexibility index (Phi) is 4.33. The third kappa shape index (κ3) is 3.39. The van der Waals surface area contributed by atoms with Crippen LogP contribution in [0.25, 0.3) is 5.82 Å². The number of nitrogens with zero attached hydrogens (tertiary/aromatic N) is 4. The summed E-state index contributed by atoms with van der Waals surface area (Å²) in [6.45, 7) is 0.205. The number of aromatic nitrogens is 4. The van der Waals surface area contributed by atoms with Crippen molar-refractivity contribution in [3.05, 3.63) is 66.1 Å². The van der Waals surface area contributed by atoms with E-state index in [9.17, 15) is 14.0 Å². The van der Waals surface area contributed by atoms with Crippen molar-refractivity contribution in [1.29, 1.82) is 0 Å². The number of benzene rings is 1. The van der Waals surface area contributed by atoms with Gasteiger partial charge in [-0.1, -0.05) is 12.1 Å². The van der Waals surface area contributed by atoms with Crippen LogP contribution < -0.4 is 10.6 Å². The zero-order valence-corrected chi connectivity index (χ0v) is 14.1. The van der Waals surface area contributed by atoms with Crippen LogP contribution in [0.2, 0.25) is 0 Å². The molecule has 1 aromatic carbocycles. The number of fused-ring (bicyclic) bond motifs is 1. The molecule has 0 spiro atoms. The van der Waals surface area contributed by atoms with Crippen LogP contribution in [0.3, 0.4) is 0 Å². The number of halogens is 1. The Labute approximate surface area is 153 Å². The third-order valence-electron chi connectivity index (χ3n) is 4.33. The van der Waals surface area contributed by atoms with Gasteiger partial charge in [-0.15, -0.1) is 0 Å². The molecule has 9 heteroatoms. The summed E-state index contributed by atoms with van der Waals surface area (Å²) < 4.78 is 14.9. The Morgan fingerprint density at radius 1 is 1.37 bits per heavy atom. The van der Waals surface area contributed by atoms with Gasteiger partial charge in [0.25, 0.3) is 0 Å². The van der Waals surface area contributed by atoms with Gasteiger partial charge in [-0.05, 0) is 23.8 Å². The number of anilines is 1. The highest BCUT2D eigenvalue weighted by atomic mass is 19.1. The van der Waals surface area contributed by atoms with Crippen molar-refractivity contribution in [3.63, 3.8) is 0 Å². The van der Waals surface area contributed by atoms with E-state index in [1.165, 1.54) is 35.5 Å². The van der Waals surface area contributed by atoms with Gasteiger partial charge in [-0.2, -0.15) is 5.10 Å². The van der Waals surface area contributed by atoms with Crippen molar-refractivity contribution in [1.82, 2.24) is 25.1 Å². The van der Waals surface area contributed by atoms with Crippen LogP contribution in [0, 0.1) is 5.82 Å². The van der Waals surface area contributed by atoms with Gasteiger partial charge in [-0.25, -0.2) is 19.0 Å². The lowest BCUT2D eigenvalue weighted by molar-refractivity contribution is -0.126. The summed E-state index contributed by atoms with van der Waals surface area (Å²) in [5.74, 6) is -1.23.